The molecule has 2 N–H and O–H groups in total. The SMILES string of the molecule is CC(C)n1cnc2c(I)c(NC3=NCCN3)ccc21. The first kappa shape index (κ1) is 12.7. The Hall–Kier alpha value is -1.31. The summed E-state index contributed by atoms with van der Waals surface area (Å²) in [5, 5.41) is 6.54. The van der Waals surface area contributed by atoms with Crippen LogP contribution in [0.2, 0.25) is 0 Å². The highest BCUT2D eigenvalue weighted by molar-refractivity contribution is 14.1. The number of halogens is 1. The first-order valence-electron chi connectivity index (χ1n) is 6.37. The lowest BCUT2D eigenvalue weighted by Crippen LogP contribution is -2.26. The number of aromatic nitrogens is 2. The van der Waals surface area contributed by atoms with Gasteiger partial charge in [-0.05, 0) is 48.6 Å². The molecule has 3 rings (SSSR count). The van der Waals surface area contributed by atoms with Crippen LogP contribution in [0.4, 0.5) is 5.69 Å². The van der Waals surface area contributed by atoms with Crippen LogP contribution in [0.1, 0.15) is 19.9 Å². The van der Waals surface area contributed by atoms with Gasteiger partial charge < -0.3 is 15.2 Å². The molecule has 5 nitrogen and oxygen atoms in total. The summed E-state index contributed by atoms with van der Waals surface area (Å²) in [4.78, 5) is 8.88. The lowest BCUT2D eigenvalue weighted by Gasteiger charge is -2.11. The van der Waals surface area contributed by atoms with Crippen LogP contribution in [-0.2, 0) is 0 Å². The summed E-state index contributed by atoms with van der Waals surface area (Å²) in [6, 6.07) is 4.62. The topological polar surface area (TPSA) is 54.2 Å². The van der Waals surface area contributed by atoms with E-state index in [-0.39, 0.29) is 0 Å². The molecule has 0 saturated heterocycles. The normalized spacial score (nSPS) is 14.8. The Bertz CT molecular complexity index is 644. The van der Waals surface area contributed by atoms with E-state index >= 15 is 0 Å². The largest absolute Gasteiger partial charge is 0.354 e. The average molecular weight is 369 g/mol. The molecule has 2 heterocycles. The van der Waals surface area contributed by atoms with Crippen molar-refractivity contribution >= 4 is 45.3 Å². The molecule has 0 unspecified atom stereocenters. The van der Waals surface area contributed by atoms with Gasteiger partial charge >= 0.3 is 0 Å². The summed E-state index contributed by atoms with van der Waals surface area (Å²) >= 11 is 2.34. The van der Waals surface area contributed by atoms with Gasteiger partial charge in [-0.3, -0.25) is 4.99 Å². The van der Waals surface area contributed by atoms with Crippen molar-refractivity contribution in [2.24, 2.45) is 4.99 Å². The molecule has 1 aliphatic heterocycles. The van der Waals surface area contributed by atoms with Gasteiger partial charge in [0.15, 0.2) is 5.96 Å². The second kappa shape index (κ2) is 4.99. The van der Waals surface area contributed by atoms with Gasteiger partial charge in [0, 0.05) is 12.6 Å². The van der Waals surface area contributed by atoms with E-state index in [1.165, 1.54) is 5.52 Å². The van der Waals surface area contributed by atoms with Gasteiger partial charge in [-0.2, -0.15) is 0 Å². The number of aliphatic imine (C=N–C) groups is 1. The quantitative estimate of drug-likeness (QED) is 0.801. The van der Waals surface area contributed by atoms with Gasteiger partial charge in [-0.25, -0.2) is 4.98 Å². The fraction of sp³-hybridized carbons (Fsp3) is 0.385. The fourth-order valence-electron chi connectivity index (χ4n) is 2.18. The van der Waals surface area contributed by atoms with E-state index < -0.39 is 0 Å². The number of hydrogen-bond acceptors (Lipinski definition) is 4. The molecule has 0 amide bonds. The van der Waals surface area contributed by atoms with E-state index in [1.807, 2.05) is 6.33 Å². The molecule has 0 radical (unpaired) electrons. The van der Waals surface area contributed by atoms with Crippen molar-refractivity contribution in [2.75, 3.05) is 18.4 Å². The van der Waals surface area contributed by atoms with Gasteiger partial charge in [0.05, 0.1) is 27.6 Å². The highest BCUT2D eigenvalue weighted by Gasteiger charge is 2.13. The van der Waals surface area contributed by atoms with Crippen molar-refractivity contribution in [2.45, 2.75) is 19.9 Å². The Morgan fingerprint density at radius 1 is 1.42 bits per heavy atom. The van der Waals surface area contributed by atoms with E-state index in [0.29, 0.717) is 6.04 Å². The van der Waals surface area contributed by atoms with Crippen molar-refractivity contribution in [1.82, 2.24) is 14.9 Å². The standard InChI is InChI=1S/C13H16IN5/c1-8(2)19-7-17-12-10(19)4-3-9(11(12)14)18-13-15-5-6-16-13/h3-4,7-8H,5-6H2,1-2H3,(H2,15,16,18). The minimum Gasteiger partial charge on any atom is -0.354 e. The smallest absolute Gasteiger partial charge is 0.195 e. The molecule has 2 aromatic rings. The molecule has 6 heteroatoms. The van der Waals surface area contributed by atoms with Gasteiger partial charge in [0.2, 0.25) is 0 Å². The maximum absolute atomic E-state index is 4.53. The summed E-state index contributed by atoms with van der Waals surface area (Å²) in [6.45, 7) is 6.07. The molecular weight excluding hydrogens is 353 g/mol. The Kier molecular flexibility index (Phi) is 3.34. The van der Waals surface area contributed by atoms with Crippen molar-refractivity contribution in [3.05, 3.63) is 22.0 Å². The zero-order chi connectivity index (χ0) is 13.4. The third kappa shape index (κ3) is 2.29. The summed E-state index contributed by atoms with van der Waals surface area (Å²) in [5.74, 6) is 0.848. The van der Waals surface area contributed by atoms with Gasteiger partial charge in [-0.15, -0.1) is 0 Å². The Morgan fingerprint density at radius 3 is 2.95 bits per heavy atom. The maximum atomic E-state index is 4.53. The van der Waals surface area contributed by atoms with Gasteiger partial charge in [0.1, 0.15) is 5.52 Å². The predicted octanol–water partition coefficient (Wildman–Crippen LogP) is 2.59. The van der Waals surface area contributed by atoms with Crippen molar-refractivity contribution < 1.29 is 0 Å². The van der Waals surface area contributed by atoms with Crippen molar-refractivity contribution in [3.63, 3.8) is 0 Å². The molecule has 0 saturated carbocycles. The molecule has 1 aromatic heterocycles. The second-order valence-corrected chi connectivity index (χ2v) is 5.90. The molecule has 0 bridgehead atoms. The van der Waals surface area contributed by atoms with Crippen LogP contribution in [-0.4, -0.2) is 28.6 Å². The van der Waals surface area contributed by atoms with E-state index in [1.54, 1.807) is 0 Å². The lowest BCUT2D eigenvalue weighted by molar-refractivity contribution is 0.617. The minimum absolute atomic E-state index is 0.417. The Balaban J connectivity index is 2.01. The number of nitrogens with zero attached hydrogens (tertiary/aromatic N) is 3. The summed E-state index contributed by atoms with van der Waals surface area (Å²) < 4.78 is 3.32. The number of hydrogen-bond donors (Lipinski definition) is 2. The van der Waals surface area contributed by atoms with Crippen LogP contribution in [0.25, 0.3) is 11.0 Å². The molecule has 1 aromatic carbocycles. The monoisotopic (exact) mass is 369 g/mol. The van der Waals surface area contributed by atoms with E-state index in [0.717, 1.165) is 33.8 Å². The molecule has 100 valence electrons. The molecule has 19 heavy (non-hydrogen) atoms. The molecule has 1 aliphatic rings. The number of benzene rings is 1. The lowest BCUT2D eigenvalue weighted by atomic mass is 10.2. The first-order valence-corrected chi connectivity index (χ1v) is 7.45. The number of imidazole rings is 1. The number of anilines is 1. The van der Waals surface area contributed by atoms with Crippen molar-refractivity contribution in [3.8, 4) is 0 Å². The van der Waals surface area contributed by atoms with E-state index in [9.17, 15) is 0 Å². The molecule has 0 spiro atoms. The Morgan fingerprint density at radius 2 is 2.26 bits per heavy atom. The van der Waals surface area contributed by atoms with Crippen LogP contribution in [0.15, 0.2) is 23.5 Å². The van der Waals surface area contributed by atoms with Gasteiger partial charge in [-0.1, -0.05) is 0 Å². The highest BCUT2D eigenvalue weighted by Crippen LogP contribution is 2.28. The molecule has 0 atom stereocenters. The molecule has 0 fully saturated rings. The molecule has 0 aliphatic carbocycles. The molecular formula is C13H16IN5. The summed E-state index contributed by atoms with van der Waals surface area (Å²) in [7, 11) is 0. The second-order valence-electron chi connectivity index (χ2n) is 4.82. The zero-order valence-electron chi connectivity index (χ0n) is 10.9. The summed E-state index contributed by atoms with van der Waals surface area (Å²) in [5.41, 5.74) is 3.26. The number of rotatable bonds is 2. The first-order chi connectivity index (χ1) is 9.16. The van der Waals surface area contributed by atoms with Crippen LogP contribution in [0.5, 0.6) is 0 Å². The highest BCUT2D eigenvalue weighted by atomic mass is 127. The maximum Gasteiger partial charge on any atom is 0.195 e. The van der Waals surface area contributed by atoms with Crippen molar-refractivity contribution in [1.29, 1.82) is 0 Å². The zero-order valence-corrected chi connectivity index (χ0v) is 13.1. The van der Waals surface area contributed by atoms with Crippen LogP contribution in [0.3, 0.4) is 0 Å². The van der Waals surface area contributed by atoms with Crippen LogP contribution < -0.4 is 10.6 Å². The van der Waals surface area contributed by atoms with Crippen LogP contribution in [0, 0.1) is 3.57 Å². The predicted molar refractivity (Wildman–Crippen MR) is 86.8 cm³/mol. The number of fused-ring (bicyclic) bond motifs is 1. The number of guanidine groups is 1. The van der Waals surface area contributed by atoms with Crippen LogP contribution >= 0.6 is 22.6 Å². The number of nitrogens with one attached hydrogen (secondary N) is 2. The third-order valence-electron chi connectivity index (χ3n) is 3.17. The summed E-state index contributed by atoms with van der Waals surface area (Å²) in [6.07, 6.45) is 1.91. The fourth-order valence-corrected chi connectivity index (χ4v) is 2.92. The van der Waals surface area contributed by atoms with E-state index in [4.69, 9.17) is 0 Å². The third-order valence-corrected chi connectivity index (χ3v) is 4.26. The minimum atomic E-state index is 0.417. The van der Waals surface area contributed by atoms with Gasteiger partial charge in [0.25, 0.3) is 0 Å². The Labute approximate surface area is 125 Å². The average Bonchev–Trinajstić information content (AvgIpc) is 3.01. The van der Waals surface area contributed by atoms with E-state index in [2.05, 4.69) is 73.7 Å².